The lowest BCUT2D eigenvalue weighted by atomic mass is 10.3. The summed E-state index contributed by atoms with van der Waals surface area (Å²) in [4.78, 5) is 42.1. The fourth-order valence-corrected chi connectivity index (χ4v) is 1.47. The van der Waals surface area contributed by atoms with Crippen LogP contribution in [-0.4, -0.2) is 80.8 Å². The highest BCUT2D eigenvalue weighted by Gasteiger charge is 2.36. The molecule has 0 aromatic rings. The second-order valence-corrected chi connectivity index (χ2v) is 3.53. The Hall–Kier alpha value is -2.28. The summed E-state index contributed by atoms with van der Waals surface area (Å²) in [7, 11) is 0. The molecule has 10 N–H and O–H groups in total. The average molecular weight is 302 g/mol. The highest BCUT2D eigenvalue weighted by molar-refractivity contribution is 5.74. The molecule has 12 heteroatoms. The molecule has 0 bridgehead atoms. The monoisotopic (exact) mass is 302 g/mol. The van der Waals surface area contributed by atoms with Gasteiger partial charge in [0.15, 0.2) is 19.6 Å². The van der Waals surface area contributed by atoms with Crippen LogP contribution in [-0.2, 0) is 19.2 Å². The van der Waals surface area contributed by atoms with Gasteiger partial charge in [-0.3, -0.25) is 4.48 Å². The van der Waals surface area contributed by atoms with Gasteiger partial charge in [0, 0.05) is 0 Å². The Bertz CT molecular complexity index is 286. The molecule has 0 spiro atoms. The summed E-state index contributed by atoms with van der Waals surface area (Å²) in [5.74, 6) is -6.19. The summed E-state index contributed by atoms with van der Waals surface area (Å²) in [6, 6.07) is 0. The smallest absolute Gasteiger partial charge is 0.359 e. The van der Waals surface area contributed by atoms with Gasteiger partial charge in [-0.2, -0.15) is 0 Å². The summed E-state index contributed by atoms with van der Waals surface area (Å²) in [5, 5.41) is 36.2. The van der Waals surface area contributed by atoms with Crippen LogP contribution in [0.4, 0.5) is 0 Å². The minimum atomic E-state index is -1.71. The van der Waals surface area contributed by atoms with E-state index >= 15 is 0 Å². The van der Waals surface area contributed by atoms with E-state index < -0.39 is 54.5 Å². The molecule has 0 saturated heterocycles. The molecule has 0 amide bonds. The largest absolute Gasteiger partial charge is 0.544 e. The molecule has 0 heterocycles. The molecule has 120 valence electrons. The fourth-order valence-electron chi connectivity index (χ4n) is 1.47. The topological polar surface area (TPSA) is 250 Å². The fraction of sp³-hybridized carbons (Fsp3) is 0.500. The van der Waals surface area contributed by atoms with E-state index in [1.165, 1.54) is 0 Å². The van der Waals surface area contributed by atoms with Crippen molar-refractivity contribution in [2.75, 3.05) is 26.2 Å². The maximum Gasteiger partial charge on any atom is 0.359 e. The Morgan fingerprint density at radius 1 is 0.750 bits per heavy atom. The lowest BCUT2D eigenvalue weighted by Gasteiger charge is -2.34. The molecule has 0 unspecified atom stereocenters. The second kappa shape index (κ2) is 10.6. The highest BCUT2D eigenvalue weighted by Crippen LogP contribution is 2.06. The number of carboxylic acid groups (broad SMARTS) is 4. The van der Waals surface area contributed by atoms with E-state index in [9.17, 15) is 24.3 Å². The molecular formula is C8H18N2O10. The first kappa shape index (κ1) is 26.3. The van der Waals surface area contributed by atoms with E-state index in [2.05, 4.69) is 0 Å². The van der Waals surface area contributed by atoms with Crippen LogP contribution in [0.3, 0.4) is 0 Å². The van der Waals surface area contributed by atoms with Crippen LogP contribution in [0.2, 0.25) is 0 Å². The van der Waals surface area contributed by atoms with Crippen molar-refractivity contribution in [3.8, 4) is 0 Å². The first-order chi connectivity index (χ1) is 7.67. The van der Waals surface area contributed by atoms with Crippen molar-refractivity contribution in [3.63, 3.8) is 0 Å². The van der Waals surface area contributed by atoms with Crippen LogP contribution < -0.4 is 11.3 Å². The van der Waals surface area contributed by atoms with Crippen LogP contribution in [0.5, 0.6) is 0 Å². The molecule has 0 aliphatic carbocycles. The van der Waals surface area contributed by atoms with Crippen LogP contribution >= 0.6 is 0 Å². The van der Waals surface area contributed by atoms with E-state index in [-0.39, 0.29) is 17.1 Å². The Balaban J connectivity index is -0.000000427. The number of quaternary nitrogens is 1. The number of carbonyl (C=O) groups is 4. The Morgan fingerprint density at radius 3 is 1.15 bits per heavy atom. The summed E-state index contributed by atoms with van der Waals surface area (Å²) < 4.78 is -1.14. The van der Waals surface area contributed by atoms with Gasteiger partial charge in [-0.1, -0.05) is 0 Å². The summed E-state index contributed by atoms with van der Waals surface area (Å²) in [5.41, 5.74) is 0. The predicted molar refractivity (Wildman–Crippen MR) is 59.9 cm³/mol. The summed E-state index contributed by atoms with van der Waals surface area (Å²) in [6.07, 6.45) is 0. The van der Waals surface area contributed by atoms with Gasteiger partial charge < -0.3 is 42.3 Å². The predicted octanol–water partition coefficient (Wildman–Crippen LogP) is -4.68. The summed E-state index contributed by atoms with van der Waals surface area (Å²) in [6.45, 7) is -3.77. The van der Waals surface area contributed by atoms with Crippen molar-refractivity contribution in [2.24, 2.45) is 0 Å². The number of hydrogen-bond acceptors (Lipinski definition) is 6. The lowest BCUT2D eigenvalue weighted by molar-refractivity contribution is -0.902. The van der Waals surface area contributed by atoms with Gasteiger partial charge >= 0.3 is 17.9 Å². The minimum absolute atomic E-state index is 0. The first-order valence-corrected chi connectivity index (χ1v) is 4.37. The highest BCUT2D eigenvalue weighted by atomic mass is 16.4. The third kappa shape index (κ3) is 10.8. The third-order valence-corrected chi connectivity index (χ3v) is 1.88. The molecule has 0 aromatic carbocycles. The van der Waals surface area contributed by atoms with Crippen LogP contribution in [0.1, 0.15) is 0 Å². The molecule has 0 saturated carbocycles. The SMILES string of the molecule is N.O.O.O=C([O-])C[N+](CC(=O)O)(CC(=O)O)CC(=O)O. The van der Waals surface area contributed by atoms with Gasteiger partial charge in [-0.15, -0.1) is 0 Å². The molecule has 0 radical (unpaired) electrons. The number of hydrogen-bond donors (Lipinski definition) is 4. The normalized spacial score (nSPS) is 9.20. The van der Waals surface area contributed by atoms with Crippen molar-refractivity contribution in [1.82, 2.24) is 6.15 Å². The average Bonchev–Trinajstić information content (AvgIpc) is 1.95. The molecule has 0 aliphatic heterocycles. The van der Waals surface area contributed by atoms with E-state index in [1.807, 2.05) is 0 Å². The molecule has 0 fully saturated rings. The van der Waals surface area contributed by atoms with E-state index in [0.29, 0.717) is 0 Å². The first-order valence-electron chi connectivity index (χ1n) is 4.37. The van der Waals surface area contributed by atoms with Gasteiger partial charge in [0.1, 0.15) is 6.54 Å². The van der Waals surface area contributed by atoms with E-state index in [4.69, 9.17) is 15.3 Å². The number of aliphatic carboxylic acids is 4. The molecular weight excluding hydrogens is 284 g/mol. The molecule has 0 rings (SSSR count). The van der Waals surface area contributed by atoms with Crippen LogP contribution in [0, 0.1) is 0 Å². The maximum atomic E-state index is 10.5. The van der Waals surface area contributed by atoms with Crippen molar-refractivity contribution in [2.45, 2.75) is 0 Å². The van der Waals surface area contributed by atoms with Gasteiger partial charge in [-0.25, -0.2) is 14.4 Å². The van der Waals surface area contributed by atoms with Gasteiger partial charge in [0.2, 0.25) is 0 Å². The van der Waals surface area contributed by atoms with Crippen molar-refractivity contribution >= 4 is 23.9 Å². The van der Waals surface area contributed by atoms with Crippen molar-refractivity contribution in [1.29, 1.82) is 0 Å². The zero-order valence-electron chi connectivity index (χ0n) is 10.4. The third-order valence-electron chi connectivity index (χ3n) is 1.88. The van der Waals surface area contributed by atoms with Crippen LogP contribution in [0.25, 0.3) is 0 Å². The maximum absolute atomic E-state index is 10.5. The Kier molecular flexibility index (Phi) is 14.0. The van der Waals surface area contributed by atoms with Crippen molar-refractivity contribution < 1.29 is 55.0 Å². The quantitative estimate of drug-likeness (QED) is 0.313. The van der Waals surface area contributed by atoms with Crippen molar-refractivity contribution in [3.05, 3.63) is 0 Å². The molecule has 0 aliphatic rings. The number of carboxylic acids is 4. The minimum Gasteiger partial charge on any atom is -0.544 e. The zero-order chi connectivity index (χ0) is 13.6. The lowest BCUT2D eigenvalue weighted by Crippen LogP contribution is -2.60. The number of carbonyl (C=O) groups excluding carboxylic acids is 1. The number of nitrogens with zero attached hydrogens (tertiary/aromatic N) is 1. The van der Waals surface area contributed by atoms with Gasteiger partial charge in [0.05, 0.1) is 5.97 Å². The zero-order valence-corrected chi connectivity index (χ0v) is 10.4. The van der Waals surface area contributed by atoms with Gasteiger partial charge in [0.25, 0.3) is 0 Å². The standard InChI is InChI=1S/C8H11NO8.H3N.2H2O/c10-5(11)1-9(2-6(12)13,3-7(14)15)4-8(16)17;;;/h1-4H2,(H3-,10,11,12,13,14,15,16,17);1H3;2*1H2. The molecule has 0 aromatic heterocycles. The van der Waals surface area contributed by atoms with Crippen LogP contribution in [0.15, 0.2) is 0 Å². The van der Waals surface area contributed by atoms with E-state index in [0.717, 1.165) is 0 Å². The molecule has 0 atom stereocenters. The summed E-state index contributed by atoms with van der Waals surface area (Å²) >= 11 is 0. The molecule has 12 nitrogen and oxygen atoms in total. The number of rotatable bonds is 8. The Labute approximate surface area is 112 Å². The van der Waals surface area contributed by atoms with E-state index in [1.54, 1.807) is 0 Å². The second-order valence-electron chi connectivity index (χ2n) is 3.53. The Morgan fingerprint density at radius 2 is 1.00 bits per heavy atom. The molecule has 20 heavy (non-hydrogen) atoms. The van der Waals surface area contributed by atoms with Gasteiger partial charge in [-0.05, 0) is 0 Å².